The second kappa shape index (κ2) is 3.07. The lowest BCUT2D eigenvalue weighted by molar-refractivity contribution is 0.0928. The highest BCUT2D eigenvalue weighted by atomic mass is 19.1. The number of rotatable bonds is 3. The normalized spacial score (nSPS) is 20.5. The molecule has 11 heavy (non-hydrogen) atoms. The van der Waals surface area contributed by atoms with E-state index in [1.807, 2.05) is 7.05 Å². The molecule has 0 unspecified atom stereocenters. The molecule has 1 aliphatic heterocycles. The van der Waals surface area contributed by atoms with Gasteiger partial charge < -0.3 is 5.32 Å². The summed E-state index contributed by atoms with van der Waals surface area (Å²) in [6.45, 7) is 5.78. The van der Waals surface area contributed by atoms with Gasteiger partial charge in [0.25, 0.3) is 0 Å². The maximum absolute atomic E-state index is 13.1. The van der Waals surface area contributed by atoms with Crippen molar-refractivity contribution in [2.75, 3.05) is 26.7 Å². The van der Waals surface area contributed by atoms with Gasteiger partial charge in [-0.2, -0.15) is 0 Å². The highest BCUT2D eigenvalue weighted by molar-refractivity contribution is 4.85. The molecule has 2 nitrogen and oxygen atoms in total. The predicted octanol–water partition coefficient (Wildman–Crippen LogP) is 0.638. The average Bonchev–Trinajstić information content (AvgIpc) is 1.50. The number of hydrogen-bond donors (Lipinski definition) is 1. The molecule has 1 aliphatic rings. The lowest BCUT2D eigenvalue weighted by Gasteiger charge is -2.37. The van der Waals surface area contributed by atoms with Crippen molar-refractivity contribution in [3.05, 3.63) is 0 Å². The fourth-order valence-corrected chi connectivity index (χ4v) is 1.31. The van der Waals surface area contributed by atoms with Crippen LogP contribution >= 0.6 is 0 Å². The fourth-order valence-electron chi connectivity index (χ4n) is 1.31. The summed E-state index contributed by atoms with van der Waals surface area (Å²) >= 11 is 0. The Labute approximate surface area is 67.8 Å². The average molecular weight is 160 g/mol. The van der Waals surface area contributed by atoms with Crippen LogP contribution in [0.3, 0.4) is 0 Å². The van der Waals surface area contributed by atoms with Crippen molar-refractivity contribution < 1.29 is 4.39 Å². The van der Waals surface area contributed by atoms with E-state index in [0.717, 1.165) is 13.1 Å². The van der Waals surface area contributed by atoms with Gasteiger partial charge in [0.15, 0.2) is 0 Å². The van der Waals surface area contributed by atoms with Crippen LogP contribution < -0.4 is 5.32 Å². The zero-order chi connectivity index (χ0) is 8.48. The van der Waals surface area contributed by atoms with Gasteiger partial charge in [-0.3, -0.25) is 4.90 Å². The van der Waals surface area contributed by atoms with Crippen molar-refractivity contribution >= 4 is 0 Å². The molecule has 3 heteroatoms. The van der Waals surface area contributed by atoms with Gasteiger partial charge in [0.2, 0.25) is 0 Å². The van der Waals surface area contributed by atoms with Crippen molar-refractivity contribution in [1.29, 1.82) is 0 Å². The third kappa shape index (κ3) is 2.75. The summed E-state index contributed by atoms with van der Waals surface area (Å²) in [5.41, 5.74) is -1.07. The van der Waals surface area contributed by atoms with Gasteiger partial charge in [-0.05, 0) is 20.9 Å². The highest BCUT2D eigenvalue weighted by Crippen LogP contribution is 2.12. The fraction of sp³-hybridized carbons (Fsp3) is 1.00. The van der Waals surface area contributed by atoms with E-state index in [1.54, 1.807) is 13.8 Å². The van der Waals surface area contributed by atoms with Crippen molar-refractivity contribution in [1.82, 2.24) is 10.2 Å². The summed E-state index contributed by atoms with van der Waals surface area (Å²) in [5.74, 6) is 0. The van der Waals surface area contributed by atoms with Gasteiger partial charge in [-0.15, -0.1) is 0 Å². The summed E-state index contributed by atoms with van der Waals surface area (Å²) < 4.78 is 13.1. The number of nitrogens with zero attached hydrogens (tertiary/aromatic N) is 1. The van der Waals surface area contributed by atoms with E-state index in [2.05, 4.69) is 10.2 Å². The Kier molecular flexibility index (Phi) is 2.50. The van der Waals surface area contributed by atoms with Gasteiger partial charge >= 0.3 is 0 Å². The van der Waals surface area contributed by atoms with Gasteiger partial charge in [-0.25, -0.2) is 4.39 Å². The second-order valence-corrected chi connectivity index (χ2v) is 3.95. The molecule has 0 saturated carbocycles. The van der Waals surface area contributed by atoms with Gasteiger partial charge in [-0.1, -0.05) is 0 Å². The molecular weight excluding hydrogens is 143 g/mol. The molecule has 0 amide bonds. The topological polar surface area (TPSA) is 15.3 Å². The first-order valence-corrected chi connectivity index (χ1v) is 4.09. The Bertz CT molecular complexity index is 127. The highest BCUT2D eigenvalue weighted by Gasteiger charge is 2.26. The third-order valence-electron chi connectivity index (χ3n) is 2.01. The first-order chi connectivity index (χ1) is 4.99. The Morgan fingerprint density at radius 3 is 2.36 bits per heavy atom. The van der Waals surface area contributed by atoms with Crippen LogP contribution in [-0.4, -0.2) is 43.3 Å². The summed E-state index contributed by atoms with van der Waals surface area (Å²) in [6.07, 6.45) is 0. The summed E-state index contributed by atoms with van der Waals surface area (Å²) in [6, 6.07) is 0.546. The summed E-state index contributed by atoms with van der Waals surface area (Å²) in [4.78, 5) is 2.08. The maximum Gasteiger partial charge on any atom is 0.118 e. The van der Waals surface area contributed by atoms with Crippen LogP contribution in [0.5, 0.6) is 0 Å². The summed E-state index contributed by atoms with van der Waals surface area (Å²) in [7, 11) is 1.98. The SMILES string of the molecule is CN(CC(C)(C)F)C1CNC1. The molecule has 66 valence electrons. The Morgan fingerprint density at radius 1 is 1.55 bits per heavy atom. The molecule has 1 N–H and O–H groups in total. The van der Waals surface area contributed by atoms with Gasteiger partial charge in [0.1, 0.15) is 5.67 Å². The molecule has 0 radical (unpaired) electrons. The maximum atomic E-state index is 13.1. The molecule has 0 spiro atoms. The smallest absolute Gasteiger partial charge is 0.118 e. The molecule has 1 fully saturated rings. The standard InChI is InChI=1S/C8H17FN2/c1-8(2,9)6-11(3)7-4-10-5-7/h7,10H,4-6H2,1-3H3. The molecule has 0 aromatic rings. The lowest BCUT2D eigenvalue weighted by atomic mass is 10.1. The first-order valence-electron chi connectivity index (χ1n) is 4.09. The van der Waals surface area contributed by atoms with Crippen LogP contribution in [0.1, 0.15) is 13.8 Å². The monoisotopic (exact) mass is 160 g/mol. The molecule has 0 atom stereocenters. The van der Waals surface area contributed by atoms with Crippen molar-refractivity contribution in [2.45, 2.75) is 25.6 Å². The van der Waals surface area contributed by atoms with Gasteiger partial charge in [0, 0.05) is 25.7 Å². The molecule has 1 saturated heterocycles. The summed E-state index contributed by atoms with van der Waals surface area (Å²) in [5, 5.41) is 3.16. The Hall–Kier alpha value is -0.150. The number of likely N-dealkylation sites (N-methyl/N-ethyl adjacent to an activating group) is 1. The van der Waals surface area contributed by atoms with Crippen LogP contribution in [0.2, 0.25) is 0 Å². The van der Waals surface area contributed by atoms with E-state index >= 15 is 0 Å². The number of hydrogen-bond acceptors (Lipinski definition) is 2. The minimum atomic E-state index is -1.07. The molecule has 0 bridgehead atoms. The third-order valence-corrected chi connectivity index (χ3v) is 2.01. The molecule has 1 rings (SSSR count). The molecule has 0 aliphatic carbocycles. The quantitative estimate of drug-likeness (QED) is 0.651. The lowest BCUT2D eigenvalue weighted by Crippen LogP contribution is -2.57. The van der Waals surface area contributed by atoms with Crippen molar-refractivity contribution in [3.8, 4) is 0 Å². The number of alkyl halides is 1. The molecule has 1 heterocycles. The molecule has 0 aromatic heterocycles. The largest absolute Gasteiger partial charge is 0.314 e. The van der Waals surface area contributed by atoms with E-state index < -0.39 is 5.67 Å². The van der Waals surface area contributed by atoms with Crippen molar-refractivity contribution in [2.24, 2.45) is 0 Å². The van der Waals surface area contributed by atoms with E-state index in [0.29, 0.717) is 12.6 Å². The number of nitrogens with one attached hydrogen (secondary N) is 1. The van der Waals surface area contributed by atoms with Crippen LogP contribution in [-0.2, 0) is 0 Å². The molecule has 0 aromatic carbocycles. The minimum Gasteiger partial charge on any atom is -0.314 e. The Morgan fingerprint density at radius 2 is 2.09 bits per heavy atom. The van der Waals surface area contributed by atoms with E-state index in [4.69, 9.17) is 0 Å². The zero-order valence-corrected chi connectivity index (χ0v) is 7.52. The molecular formula is C8H17FN2. The zero-order valence-electron chi connectivity index (χ0n) is 7.52. The van der Waals surface area contributed by atoms with Crippen LogP contribution in [0.4, 0.5) is 4.39 Å². The van der Waals surface area contributed by atoms with Crippen molar-refractivity contribution in [3.63, 3.8) is 0 Å². The van der Waals surface area contributed by atoms with E-state index in [9.17, 15) is 4.39 Å². The minimum absolute atomic E-state index is 0.527. The van der Waals surface area contributed by atoms with E-state index in [-0.39, 0.29) is 0 Å². The second-order valence-electron chi connectivity index (χ2n) is 3.95. The van der Waals surface area contributed by atoms with Gasteiger partial charge in [0.05, 0.1) is 0 Å². The van der Waals surface area contributed by atoms with E-state index in [1.165, 1.54) is 0 Å². The predicted molar refractivity (Wildman–Crippen MR) is 44.5 cm³/mol. The van der Waals surface area contributed by atoms with Crippen LogP contribution in [0, 0.1) is 0 Å². The van der Waals surface area contributed by atoms with Crippen LogP contribution in [0.15, 0.2) is 0 Å². The number of halogens is 1. The van der Waals surface area contributed by atoms with Crippen LogP contribution in [0.25, 0.3) is 0 Å². The Balaban J connectivity index is 2.24. The first kappa shape index (κ1) is 8.94.